The molecule has 2 amide bonds. The maximum Gasteiger partial charge on any atom is 0.251 e. The third-order valence-electron chi connectivity index (χ3n) is 8.75. The highest BCUT2D eigenvalue weighted by Crippen LogP contribution is 2.24. The van der Waals surface area contributed by atoms with Gasteiger partial charge >= 0.3 is 0 Å². The molecule has 2 saturated heterocycles. The number of rotatable bonds is 10. The SMILES string of the molecule is CC[C@H](CN1CC[C@@H](CNC(=O)c2ccc3cc(Cl)ccc3c2)NC(CCN2CCCCC2)C1=O)c1ccccc1. The number of nitrogens with one attached hydrogen (secondary N) is 2. The Morgan fingerprint density at radius 3 is 2.54 bits per heavy atom. The zero-order valence-corrected chi connectivity index (χ0v) is 24.9. The summed E-state index contributed by atoms with van der Waals surface area (Å²) in [6.07, 6.45) is 6.35. The Labute approximate surface area is 249 Å². The number of amides is 2. The lowest BCUT2D eigenvalue weighted by Crippen LogP contribution is -2.50. The molecule has 1 unspecified atom stereocenters. The van der Waals surface area contributed by atoms with E-state index in [1.807, 2.05) is 42.5 Å². The number of benzene rings is 3. The highest BCUT2D eigenvalue weighted by Gasteiger charge is 2.32. The first kappa shape index (κ1) is 29.6. The van der Waals surface area contributed by atoms with E-state index in [0.717, 1.165) is 56.2 Å². The maximum absolute atomic E-state index is 13.9. The predicted molar refractivity (Wildman–Crippen MR) is 168 cm³/mol. The summed E-state index contributed by atoms with van der Waals surface area (Å²) in [6, 6.07) is 21.7. The van der Waals surface area contributed by atoms with Gasteiger partial charge in [-0.25, -0.2) is 0 Å². The van der Waals surface area contributed by atoms with E-state index in [-0.39, 0.29) is 23.9 Å². The molecule has 0 spiro atoms. The Bertz CT molecular complexity index is 1310. The van der Waals surface area contributed by atoms with Gasteiger partial charge in [0, 0.05) is 48.7 Å². The number of piperidine rings is 1. The van der Waals surface area contributed by atoms with Gasteiger partial charge in [0.2, 0.25) is 5.91 Å². The number of halogens is 1. The molecule has 2 N–H and O–H groups in total. The molecular formula is C34H43ClN4O2. The summed E-state index contributed by atoms with van der Waals surface area (Å²) in [5.41, 5.74) is 1.91. The minimum Gasteiger partial charge on any atom is -0.350 e. The molecule has 5 rings (SSSR count). The number of fused-ring (bicyclic) bond motifs is 1. The van der Waals surface area contributed by atoms with Crippen molar-refractivity contribution in [2.24, 2.45) is 0 Å². The van der Waals surface area contributed by atoms with E-state index < -0.39 is 0 Å². The molecule has 6 nitrogen and oxygen atoms in total. The van der Waals surface area contributed by atoms with Crippen LogP contribution in [0, 0.1) is 0 Å². The van der Waals surface area contributed by atoms with Crippen molar-refractivity contribution < 1.29 is 9.59 Å². The Morgan fingerprint density at radius 2 is 1.76 bits per heavy atom. The van der Waals surface area contributed by atoms with E-state index >= 15 is 0 Å². The molecule has 0 radical (unpaired) electrons. The predicted octanol–water partition coefficient (Wildman–Crippen LogP) is 5.85. The number of nitrogens with zero attached hydrogens (tertiary/aromatic N) is 2. The average molecular weight is 575 g/mol. The van der Waals surface area contributed by atoms with Crippen molar-refractivity contribution in [1.82, 2.24) is 20.4 Å². The fourth-order valence-electron chi connectivity index (χ4n) is 6.26. The zero-order valence-electron chi connectivity index (χ0n) is 24.2. The van der Waals surface area contributed by atoms with Crippen LogP contribution in [0.4, 0.5) is 0 Å². The van der Waals surface area contributed by atoms with Crippen molar-refractivity contribution in [3.8, 4) is 0 Å². The number of carbonyl (C=O) groups excluding carboxylic acids is 2. The van der Waals surface area contributed by atoms with Crippen molar-refractivity contribution in [1.29, 1.82) is 0 Å². The van der Waals surface area contributed by atoms with Crippen LogP contribution in [-0.2, 0) is 4.79 Å². The van der Waals surface area contributed by atoms with Gasteiger partial charge in [-0.3, -0.25) is 9.59 Å². The van der Waals surface area contributed by atoms with Crippen LogP contribution in [0.1, 0.15) is 67.3 Å². The van der Waals surface area contributed by atoms with E-state index in [9.17, 15) is 9.59 Å². The molecule has 7 heteroatoms. The lowest BCUT2D eigenvalue weighted by molar-refractivity contribution is -0.133. The number of hydrogen-bond acceptors (Lipinski definition) is 4. The Balaban J connectivity index is 1.26. The van der Waals surface area contributed by atoms with Crippen LogP contribution < -0.4 is 10.6 Å². The van der Waals surface area contributed by atoms with E-state index in [1.54, 1.807) is 0 Å². The first-order valence-corrected chi connectivity index (χ1v) is 15.7. The lowest BCUT2D eigenvalue weighted by Gasteiger charge is -2.31. The van der Waals surface area contributed by atoms with Crippen molar-refractivity contribution >= 4 is 34.2 Å². The highest BCUT2D eigenvalue weighted by molar-refractivity contribution is 6.31. The van der Waals surface area contributed by atoms with Crippen molar-refractivity contribution in [3.63, 3.8) is 0 Å². The van der Waals surface area contributed by atoms with Crippen LogP contribution >= 0.6 is 11.6 Å². The van der Waals surface area contributed by atoms with Crippen LogP contribution in [0.2, 0.25) is 5.02 Å². The Morgan fingerprint density at radius 1 is 1.00 bits per heavy atom. The molecule has 2 aliphatic rings. The molecule has 0 aromatic heterocycles. The van der Waals surface area contributed by atoms with E-state index in [4.69, 9.17) is 11.6 Å². The quantitative estimate of drug-likeness (QED) is 0.319. The molecule has 3 aromatic rings. The average Bonchev–Trinajstić information content (AvgIpc) is 3.16. The largest absolute Gasteiger partial charge is 0.350 e. The lowest BCUT2D eigenvalue weighted by atomic mass is 9.95. The summed E-state index contributed by atoms with van der Waals surface area (Å²) in [7, 11) is 0. The van der Waals surface area contributed by atoms with Gasteiger partial charge in [-0.1, -0.05) is 67.4 Å². The van der Waals surface area contributed by atoms with Gasteiger partial charge < -0.3 is 20.4 Å². The smallest absolute Gasteiger partial charge is 0.251 e. The zero-order chi connectivity index (χ0) is 28.6. The van der Waals surface area contributed by atoms with Gasteiger partial charge in [0.1, 0.15) is 0 Å². The normalized spacial score (nSPS) is 21.0. The van der Waals surface area contributed by atoms with Crippen LogP contribution in [0.25, 0.3) is 10.8 Å². The Hall–Kier alpha value is -2.93. The highest BCUT2D eigenvalue weighted by atomic mass is 35.5. The number of hydrogen-bond donors (Lipinski definition) is 2. The molecule has 218 valence electrons. The minimum absolute atomic E-state index is 0.0234. The number of likely N-dealkylation sites (tertiary alicyclic amines) is 1. The van der Waals surface area contributed by atoms with E-state index in [1.165, 1.54) is 24.8 Å². The monoisotopic (exact) mass is 574 g/mol. The van der Waals surface area contributed by atoms with E-state index in [2.05, 4.69) is 51.6 Å². The second-order valence-corrected chi connectivity index (χ2v) is 12.0. The van der Waals surface area contributed by atoms with E-state index in [0.29, 0.717) is 29.6 Å². The minimum atomic E-state index is -0.250. The van der Waals surface area contributed by atoms with Crippen LogP contribution in [-0.4, -0.2) is 73.0 Å². The summed E-state index contributed by atoms with van der Waals surface area (Å²) in [5.74, 6) is 0.399. The van der Waals surface area contributed by atoms with Gasteiger partial charge in [-0.15, -0.1) is 0 Å². The summed E-state index contributed by atoms with van der Waals surface area (Å²) in [4.78, 5) is 31.6. The van der Waals surface area contributed by atoms with Crippen LogP contribution in [0.15, 0.2) is 66.7 Å². The summed E-state index contributed by atoms with van der Waals surface area (Å²) in [6.45, 7) is 7.25. The van der Waals surface area contributed by atoms with Gasteiger partial charge in [0.05, 0.1) is 6.04 Å². The van der Waals surface area contributed by atoms with Crippen LogP contribution in [0.5, 0.6) is 0 Å². The fraction of sp³-hybridized carbons (Fsp3) is 0.471. The molecule has 3 atom stereocenters. The molecule has 0 bridgehead atoms. The molecular weight excluding hydrogens is 532 g/mol. The first-order chi connectivity index (χ1) is 20.0. The van der Waals surface area contributed by atoms with Crippen molar-refractivity contribution in [2.75, 3.05) is 39.3 Å². The molecule has 0 saturated carbocycles. The van der Waals surface area contributed by atoms with Gasteiger partial charge in [-0.2, -0.15) is 0 Å². The Kier molecular flexibility index (Phi) is 10.3. The summed E-state index contributed by atoms with van der Waals surface area (Å²) >= 11 is 6.12. The van der Waals surface area contributed by atoms with Gasteiger partial charge in [-0.05, 0) is 85.8 Å². The molecule has 3 aromatic carbocycles. The third-order valence-corrected chi connectivity index (χ3v) is 8.99. The van der Waals surface area contributed by atoms with Gasteiger partial charge in [0.25, 0.3) is 5.91 Å². The summed E-state index contributed by atoms with van der Waals surface area (Å²) in [5, 5.41) is 9.48. The maximum atomic E-state index is 13.9. The molecule has 2 fully saturated rings. The first-order valence-electron chi connectivity index (χ1n) is 15.3. The molecule has 2 heterocycles. The second-order valence-electron chi connectivity index (χ2n) is 11.6. The summed E-state index contributed by atoms with van der Waals surface area (Å²) < 4.78 is 0. The van der Waals surface area contributed by atoms with Crippen molar-refractivity contribution in [2.45, 2.75) is 63.5 Å². The molecule has 2 aliphatic heterocycles. The number of carbonyl (C=O) groups is 2. The third kappa shape index (κ3) is 7.88. The standard InChI is InChI=1S/C34H43ClN4O2/c1-2-25(26-9-5-3-6-10-26)24-39-20-15-31(37-32(34(39)41)16-19-38-17-7-4-8-18-38)23-36-33(40)29-12-11-28-22-30(35)14-13-27(28)21-29/h3,5-6,9-14,21-22,25,31-32,37H,2,4,7-8,15-20,23-24H2,1H3,(H,36,40)/t25-,31+,32?/m1/s1. The fourth-order valence-corrected chi connectivity index (χ4v) is 6.44. The van der Waals surface area contributed by atoms with Crippen molar-refractivity contribution in [3.05, 3.63) is 82.9 Å². The van der Waals surface area contributed by atoms with Gasteiger partial charge in [0.15, 0.2) is 0 Å². The second kappa shape index (κ2) is 14.3. The molecule has 41 heavy (non-hydrogen) atoms. The van der Waals surface area contributed by atoms with Crippen LogP contribution in [0.3, 0.4) is 0 Å². The molecule has 0 aliphatic carbocycles. The topological polar surface area (TPSA) is 64.7 Å².